The van der Waals surface area contributed by atoms with E-state index < -0.39 is 24.7 Å². The van der Waals surface area contributed by atoms with E-state index in [4.69, 9.17) is 23.2 Å². The summed E-state index contributed by atoms with van der Waals surface area (Å²) in [5.41, 5.74) is 3.98. The Morgan fingerprint density at radius 3 is 1.18 bits per heavy atom. The molecule has 0 amide bonds. The molecule has 6 N–H and O–H groups in total. The quantitative estimate of drug-likeness (QED) is 0.155. The standard InChI is InChI=1S/2C14H22ClF.C14H22F2.3H2O/c1-9-3-6-11(7-4-9)12-8-5-10(2)14(16)13(12)15;2*1-9-3-6-11(7-4-9)12-8-5-10(2)13(15)14(12)16;;;/h3*6,9-10,12-14H,3-5,7-8H2,1-2H3;3*1H2. The Balaban J connectivity index is 0.000000372. The molecule has 0 bridgehead atoms. The molecule has 0 aromatic heterocycles. The highest BCUT2D eigenvalue weighted by molar-refractivity contribution is 6.21. The lowest BCUT2D eigenvalue weighted by molar-refractivity contribution is 0.0409. The Kier molecular flexibility index (Phi) is 21.6. The van der Waals surface area contributed by atoms with Crippen LogP contribution in [0.4, 0.5) is 17.6 Å². The first-order valence-corrected chi connectivity index (χ1v) is 20.6. The van der Waals surface area contributed by atoms with Crippen LogP contribution in [0.1, 0.15) is 138 Å². The molecule has 300 valence electrons. The Hall–Kier alpha value is -0.600. The minimum absolute atomic E-state index is 0. The molecule has 0 aromatic carbocycles. The highest BCUT2D eigenvalue weighted by atomic mass is 35.5. The third-order valence-corrected chi connectivity index (χ3v) is 14.3. The average Bonchev–Trinajstić information content (AvgIpc) is 3.08. The predicted octanol–water partition coefficient (Wildman–Crippen LogP) is 11.4. The van der Waals surface area contributed by atoms with Crippen molar-refractivity contribution < 1.29 is 34.0 Å². The van der Waals surface area contributed by atoms with Gasteiger partial charge >= 0.3 is 0 Å². The third kappa shape index (κ3) is 13.0. The maximum atomic E-state index is 14.2. The molecule has 6 aliphatic rings. The Morgan fingerprint density at radius 1 is 0.412 bits per heavy atom. The van der Waals surface area contributed by atoms with Gasteiger partial charge in [-0.3, -0.25) is 0 Å². The lowest BCUT2D eigenvalue weighted by atomic mass is 9.73. The van der Waals surface area contributed by atoms with Crippen molar-refractivity contribution in [2.45, 2.75) is 173 Å². The molecule has 0 radical (unpaired) electrons. The summed E-state index contributed by atoms with van der Waals surface area (Å²) in [6.07, 6.45) is 18.6. The zero-order chi connectivity index (χ0) is 35.1. The topological polar surface area (TPSA) is 94.5 Å². The second-order valence-corrected chi connectivity index (χ2v) is 18.1. The molecule has 6 aliphatic carbocycles. The average molecular weight is 772 g/mol. The third-order valence-electron chi connectivity index (χ3n) is 13.0. The van der Waals surface area contributed by atoms with Crippen LogP contribution in [0.5, 0.6) is 0 Å². The lowest BCUT2D eigenvalue weighted by Gasteiger charge is -2.37. The van der Waals surface area contributed by atoms with Gasteiger partial charge in [0, 0.05) is 11.8 Å². The van der Waals surface area contributed by atoms with Gasteiger partial charge in [-0.05, 0) is 138 Å². The summed E-state index contributed by atoms with van der Waals surface area (Å²) in [5, 5.41) is -0.567. The summed E-state index contributed by atoms with van der Waals surface area (Å²) in [5.74, 6) is 2.94. The van der Waals surface area contributed by atoms with Gasteiger partial charge in [0.1, 0.15) is 24.7 Å². The zero-order valence-electron chi connectivity index (χ0n) is 32.3. The molecule has 15 atom stereocenters. The number of alkyl halides is 6. The van der Waals surface area contributed by atoms with Crippen molar-refractivity contribution in [2.75, 3.05) is 0 Å². The van der Waals surface area contributed by atoms with Crippen LogP contribution in [0, 0.1) is 53.3 Å². The van der Waals surface area contributed by atoms with Crippen molar-refractivity contribution in [1.82, 2.24) is 0 Å². The van der Waals surface area contributed by atoms with E-state index >= 15 is 0 Å². The summed E-state index contributed by atoms with van der Waals surface area (Å²) in [6.45, 7) is 12.6. The molecular weight excluding hydrogens is 699 g/mol. The zero-order valence-corrected chi connectivity index (χ0v) is 33.8. The summed E-state index contributed by atoms with van der Waals surface area (Å²) in [6, 6.07) is 0. The van der Waals surface area contributed by atoms with Gasteiger partial charge in [0.2, 0.25) is 0 Å². The van der Waals surface area contributed by atoms with E-state index in [-0.39, 0.29) is 50.9 Å². The highest BCUT2D eigenvalue weighted by Crippen LogP contribution is 2.44. The van der Waals surface area contributed by atoms with Gasteiger partial charge in [-0.2, -0.15) is 0 Å². The van der Waals surface area contributed by atoms with Gasteiger partial charge in [-0.15, -0.1) is 23.2 Å². The van der Waals surface area contributed by atoms with Crippen LogP contribution in [-0.4, -0.2) is 51.9 Å². The van der Waals surface area contributed by atoms with Gasteiger partial charge in [-0.1, -0.05) is 76.5 Å². The SMILES string of the molecule is CC1CC=C(C2CCC(C)C(Cl)C2F)CC1.CC1CC=C(C2CCC(C)C(F)C2Cl)CC1.CC1CC=C(C2CCC(C)C(F)C2F)CC1.O.O.O. The Bertz CT molecular complexity index is 971. The molecule has 51 heavy (non-hydrogen) atoms. The maximum absolute atomic E-state index is 14.2. The molecule has 6 rings (SSSR count). The number of allylic oxidation sites excluding steroid dienone is 6. The van der Waals surface area contributed by atoms with Crippen molar-refractivity contribution in [2.24, 2.45) is 53.3 Å². The van der Waals surface area contributed by atoms with E-state index in [9.17, 15) is 17.6 Å². The van der Waals surface area contributed by atoms with E-state index in [0.29, 0.717) is 17.8 Å². The Morgan fingerprint density at radius 2 is 0.765 bits per heavy atom. The summed E-state index contributed by atoms with van der Waals surface area (Å²) in [7, 11) is 0. The fourth-order valence-corrected chi connectivity index (χ4v) is 9.86. The van der Waals surface area contributed by atoms with Crippen LogP contribution in [-0.2, 0) is 0 Å². The van der Waals surface area contributed by atoms with E-state index in [1.807, 2.05) is 13.8 Å². The number of hydrogen-bond acceptors (Lipinski definition) is 0. The minimum atomic E-state index is -1.26. The first-order chi connectivity index (χ1) is 22.8. The van der Waals surface area contributed by atoms with Crippen LogP contribution in [0.25, 0.3) is 0 Å². The van der Waals surface area contributed by atoms with E-state index in [0.717, 1.165) is 95.3 Å². The van der Waals surface area contributed by atoms with Crippen LogP contribution in [0.2, 0.25) is 0 Å². The molecule has 9 heteroatoms. The Labute approximate surface area is 317 Å². The predicted molar refractivity (Wildman–Crippen MR) is 209 cm³/mol. The fraction of sp³-hybridized carbons (Fsp3) is 0.857. The van der Waals surface area contributed by atoms with Gasteiger partial charge in [0.25, 0.3) is 0 Å². The molecule has 3 nitrogen and oxygen atoms in total. The van der Waals surface area contributed by atoms with Crippen LogP contribution in [0.3, 0.4) is 0 Å². The van der Waals surface area contributed by atoms with E-state index in [1.165, 1.54) is 29.6 Å². The smallest absolute Gasteiger partial charge is 0.138 e. The number of halogens is 6. The molecule has 0 heterocycles. The monoisotopic (exact) mass is 770 g/mol. The normalized spacial score (nSPS) is 42.6. The second-order valence-electron chi connectivity index (χ2n) is 17.1. The van der Waals surface area contributed by atoms with Crippen molar-refractivity contribution in [3.63, 3.8) is 0 Å². The molecule has 3 saturated carbocycles. The fourth-order valence-electron chi connectivity index (χ4n) is 9.03. The summed E-state index contributed by atoms with van der Waals surface area (Å²) >= 11 is 12.4. The molecule has 0 aromatic rings. The maximum Gasteiger partial charge on any atom is 0.138 e. The second kappa shape index (κ2) is 22.7. The molecule has 0 aliphatic heterocycles. The van der Waals surface area contributed by atoms with Crippen molar-refractivity contribution >= 4 is 23.2 Å². The molecule has 3 fully saturated rings. The largest absolute Gasteiger partial charge is 0.412 e. The lowest BCUT2D eigenvalue weighted by Crippen LogP contribution is -2.38. The van der Waals surface area contributed by atoms with Crippen LogP contribution in [0.15, 0.2) is 34.9 Å². The van der Waals surface area contributed by atoms with Gasteiger partial charge in [0.15, 0.2) is 0 Å². The van der Waals surface area contributed by atoms with Gasteiger partial charge < -0.3 is 16.4 Å². The van der Waals surface area contributed by atoms with Crippen molar-refractivity contribution in [3.8, 4) is 0 Å². The minimum Gasteiger partial charge on any atom is -0.412 e. The van der Waals surface area contributed by atoms with E-state index in [2.05, 4.69) is 45.9 Å². The van der Waals surface area contributed by atoms with Crippen molar-refractivity contribution in [1.29, 1.82) is 0 Å². The molecular formula is C42H72Cl2F4O3. The van der Waals surface area contributed by atoms with Crippen LogP contribution < -0.4 is 0 Å². The van der Waals surface area contributed by atoms with Gasteiger partial charge in [0.05, 0.1) is 10.8 Å². The van der Waals surface area contributed by atoms with Crippen molar-refractivity contribution in [3.05, 3.63) is 34.9 Å². The highest BCUT2D eigenvalue weighted by Gasteiger charge is 2.41. The van der Waals surface area contributed by atoms with E-state index in [1.54, 1.807) is 0 Å². The van der Waals surface area contributed by atoms with Crippen LogP contribution >= 0.6 is 23.2 Å². The summed E-state index contributed by atoms with van der Waals surface area (Å²) in [4.78, 5) is 0. The molecule has 15 unspecified atom stereocenters. The first-order valence-electron chi connectivity index (χ1n) is 19.7. The number of rotatable bonds is 3. The van der Waals surface area contributed by atoms with Gasteiger partial charge in [-0.25, -0.2) is 17.6 Å². The molecule has 0 saturated heterocycles. The molecule has 0 spiro atoms. The number of hydrogen-bond donors (Lipinski definition) is 0. The summed E-state index contributed by atoms with van der Waals surface area (Å²) < 4.78 is 55.7. The first kappa shape index (κ1) is 48.4.